The molecule has 4 radical (unpaired) electrons. The van der Waals surface area contributed by atoms with E-state index in [2.05, 4.69) is 58.6 Å². The summed E-state index contributed by atoms with van der Waals surface area (Å²) in [6.45, 7) is -0.497. The molecule has 0 saturated heterocycles. The Balaban J connectivity index is 1.70. The summed E-state index contributed by atoms with van der Waals surface area (Å²) in [6, 6.07) is 17.0. The van der Waals surface area contributed by atoms with Crippen LogP contribution in [0.4, 0.5) is 11.4 Å². The van der Waals surface area contributed by atoms with Crippen molar-refractivity contribution in [2.24, 2.45) is 0 Å². The zero-order valence-corrected chi connectivity index (χ0v) is 13.4. The molecule has 0 N–H and O–H groups in total. The molecule has 0 spiro atoms. The molecule has 2 heterocycles. The van der Waals surface area contributed by atoms with Crippen LogP contribution in [0.25, 0.3) is 0 Å². The van der Waals surface area contributed by atoms with Gasteiger partial charge >= 0.3 is 6.63 Å². The Bertz CT molecular complexity index is 853. The first kappa shape index (κ1) is 14.6. The van der Waals surface area contributed by atoms with Crippen LogP contribution >= 0.6 is 0 Å². The van der Waals surface area contributed by atoms with E-state index in [9.17, 15) is 0 Å². The number of rotatable bonds is 3. The van der Waals surface area contributed by atoms with E-state index in [0.29, 0.717) is 0 Å². The first-order chi connectivity index (χ1) is 11.1. The van der Waals surface area contributed by atoms with Crippen molar-refractivity contribution in [1.29, 1.82) is 0 Å². The molecule has 2 aliphatic heterocycles. The SMILES string of the molecule is [B]B([B])[N+]1=C(CC2=[N+](C)c3ccccc3C2)Cc2ccccc21. The van der Waals surface area contributed by atoms with Crippen LogP contribution in [0.15, 0.2) is 48.5 Å². The van der Waals surface area contributed by atoms with Crippen molar-refractivity contribution >= 4 is 44.9 Å². The second kappa shape index (κ2) is 5.56. The molecule has 2 nitrogen and oxygen atoms in total. The van der Waals surface area contributed by atoms with Crippen molar-refractivity contribution < 1.29 is 9.06 Å². The van der Waals surface area contributed by atoms with Crippen molar-refractivity contribution in [1.82, 2.24) is 0 Å². The molecular formula is C18H17B3N2+2. The lowest BCUT2D eigenvalue weighted by Crippen LogP contribution is -2.33. The number of para-hydroxylation sites is 2. The highest BCUT2D eigenvalue weighted by Gasteiger charge is 2.36. The molecule has 0 aromatic heterocycles. The summed E-state index contributed by atoms with van der Waals surface area (Å²) in [6.07, 6.45) is 2.83. The maximum Gasteiger partial charge on any atom is 0.357 e. The Hall–Kier alpha value is -2.03. The average Bonchev–Trinajstić information content (AvgIpc) is 3.06. The molecule has 0 bridgehead atoms. The molecule has 0 unspecified atom stereocenters. The fourth-order valence-electron chi connectivity index (χ4n) is 3.80. The topological polar surface area (TPSA) is 6.02 Å². The van der Waals surface area contributed by atoms with Gasteiger partial charge in [-0.3, -0.25) is 0 Å². The monoisotopic (exact) mass is 294 g/mol. The highest BCUT2D eigenvalue weighted by Crippen LogP contribution is 2.30. The van der Waals surface area contributed by atoms with Gasteiger partial charge in [0.15, 0.2) is 11.4 Å². The van der Waals surface area contributed by atoms with E-state index < -0.39 is 6.63 Å². The van der Waals surface area contributed by atoms with E-state index in [4.69, 9.17) is 15.5 Å². The number of benzene rings is 2. The molecule has 2 aliphatic rings. The van der Waals surface area contributed by atoms with Gasteiger partial charge in [-0.05, 0) is 0 Å². The third kappa shape index (κ3) is 2.39. The molecule has 0 saturated carbocycles. The van der Waals surface area contributed by atoms with E-state index >= 15 is 0 Å². The molecule has 0 fully saturated rings. The van der Waals surface area contributed by atoms with Crippen molar-refractivity contribution in [3.8, 4) is 0 Å². The lowest BCUT2D eigenvalue weighted by atomic mass is 9.27. The molecule has 4 rings (SSSR count). The zero-order valence-electron chi connectivity index (χ0n) is 13.4. The quantitative estimate of drug-likeness (QED) is 0.603. The van der Waals surface area contributed by atoms with Gasteiger partial charge in [0.1, 0.15) is 34.7 Å². The fourth-order valence-corrected chi connectivity index (χ4v) is 3.80. The summed E-state index contributed by atoms with van der Waals surface area (Å²) >= 11 is 0. The van der Waals surface area contributed by atoms with Crippen LogP contribution in [0.5, 0.6) is 0 Å². The Morgan fingerprint density at radius 1 is 0.870 bits per heavy atom. The van der Waals surface area contributed by atoms with Crippen LogP contribution in [-0.2, 0) is 12.8 Å². The maximum atomic E-state index is 6.06. The summed E-state index contributed by atoms with van der Waals surface area (Å²) in [5.74, 6) is 0. The van der Waals surface area contributed by atoms with Crippen LogP contribution in [0.1, 0.15) is 17.5 Å². The van der Waals surface area contributed by atoms with Crippen molar-refractivity contribution in [2.75, 3.05) is 7.05 Å². The Morgan fingerprint density at radius 2 is 1.43 bits per heavy atom. The lowest BCUT2D eigenvalue weighted by Gasteiger charge is -2.06. The zero-order chi connectivity index (χ0) is 16.0. The van der Waals surface area contributed by atoms with Crippen molar-refractivity contribution in [3.05, 3.63) is 59.7 Å². The van der Waals surface area contributed by atoms with E-state index in [1.54, 1.807) is 0 Å². The Morgan fingerprint density at radius 3 is 2.09 bits per heavy atom. The molecule has 23 heavy (non-hydrogen) atoms. The van der Waals surface area contributed by atoms with Crippen LogP contribution in [0.2, 0.25) is 0 Å². The molecule has 5 heteroatoms. The minimum atomic E-state index is -0.497. The van der Waals surface area contributed by atoms with Gasteiger partial charge in [-0.2, -0.15) is 0 Å². The predicted octanol–water partition coefficient (Wildman–Crippen LogP) is 2.01. The Labute approximate surface area is 140 Å². The molecule has 0 amide bonds. The summed E-state index contributed by atoms with van der Waals surface area (Å²) in [5.41, 5.74) is 7.85. The third-order valence-electron chi connectivity index (χ3n) is 4.91. The van der Waals surface area contributed by atoms with Crippen molar-refractivity contribution in [2.45, 2.75) is 19.3 Å². The number of nitrogens with zero attached hydrogens (tertiary/aromatic N) is 2. The molecule has 0 aliphatic carbocycles. The lowest BCUT2D eigenvalue weighted by molar-refractivity contribution is -0.402. The van der Waals surface area contributed by atoms with Crippen LogP contribution in [-0.4, -0.2) is 49.6 Å². The van der Waals surface area contributed by atoms with E-state index in [0.717, 1.165) is 24.9 Å². The summed E-state index contributed by atoms with van der Waals surface area (Å²) < 4.78 is 4.41. The molecule has 106 valence electrons. The van der Waals surface area contributed by atoms with E-state index in [1.807, 2.05) is 6.07 Å². The van der Waals surface area contributed by atoms with E-state index in [1.165, 1.54) is 28.2 Å². The standard InChI is InChI=1S/C18H17B3N2/c1-22-15(10-13-6-2-4-8-17(13)22)12-16-11-14-7-3-5-9-18(14)23(16)21(19)20/h2-9H,10-12H2,1H3/q+2. The van der Waals surface area contributed by atoms with Gasteiger partial charge in [0.2, 0.25) is 5.69 Å². The average molecular weight is 294 g/mol. The Kier molecular flexibility index (Phi) is 3.52. The van der Waals surface area contributed by atoms with Crippen LogP contribution in [0, 0.1) is 0 Å². The highest BCUT2D eigenvalue weighted by atomic mass is 15.0. The van der Waals surface area contributed by atoms with Gasteiger partial charge in [-0.15, -0.1) is 0 Å². The van der Waals surface area contributed by atoms with Crippen LogP contribution in [0.3, 0.4) is 0 Å². The largest absolute Gasteiger partial charge is 0.357 e. The first-order valence-corrected chi connectivity index (χ1v) is 8.04. The molecule has 2 aromatic carbocycles. The van der Waals surface area contributed by atoms with Crippen LogP contribution < -0.4 is 0 Å². The molecular weight excluding hydrogens is 277 g/mol. The second-order valence-electron chi connectivity index (χ2n) is 6.34. The number of fused-ring (bicyclic) bond motifs is 2. The summed E-state index contributed by atoms with van der Waals surface area (Å²) in [7, 11) is 14.3. The van der Waals surface area contributed by atoms with Gasteiger partial charge in [0, 0.05) is 23.3 Å². The first-order valence-electron chi connectivity index (χ1n) is 8.04. The smallest absolute Gasteiger partial charge is 0.302 e. The van der Waals surface area contributed by atoms with Gasteiger partial charge < -0.3 is 4.49 Å². The van der Waals surface area contributed by atoms with Gasteiger partial charge in [0.25, 0.3) is 0 Å². The second-order valence-corrected chi connectivity index (χ2v) is 6.34. The summed E-state index contributed by atoms with van der Waals surface area (Å²) in [4.78, 5) is 0. The number of hydrogen-bond donors (Lipinski definition) is 0. The molecule has 0 atom stereocenters. The normalized spacial score (nSPS) is 15.9. The third-order valence-corrected chi connectivity index (χ3v) is 4.91. The maximum absolute atomic E-state index is 6.06. The van der Waals surface area contributed by atoms with Crippen molar-refractivity contribution in [3.63, 3.8) is 0 Å². The van der Waals surface area contributed by atoms with Gasteiger partial charge in [-0.25, -0.2) is 4.58 Å². The minimum absolute atomic E-state index is 0.497. The van der Waals surface area contributed by atoms with Gasteiger partial charge in [0.05, 0.1) is 12.8 Å². The van der Waals surface area contributed by atoms with E-state index in [-0.39, 0.29) is 0 Å². The summed E-state index contributed by atoms with van der Waals surface area (Å²) in [5, 5.41) is 0. The number of hydrogen-bond acceptors (Lipinski definition) is 0. The fraction of sp³-hybridized carbons (Fsp3) is 0.222. The molecule has 2 aromatic rings. The highest BCUT2D eigenvalue weighted by molar-refractivity contribution is 7.25. The predicted molar refractivity (Wildman–Crippen MR) is 97.9 cm³/mol. The minimum Gasteiger partial charge on any atom is -0.302 e. The van der Waals surface area contributed by atoms with Gasteiger partial charge in [-0.1, -0.05) is 36.4 Å².